The van der Waals surface area contributed by atoms with Crippen molar-refractivity contribution in [1.29, 1.82) is 0 Å². The van der Waals surface area contributed by atoms with Crippen LogP contribution in [0.1, 0.15) is 32.3 Å². The summed E-state index contributed by atoms with van der Waals surface area (Å²) in [7, 11) is 0. The molecule has 0 aliphatic carbocycles. The van der Waals surface area contributed by atoms with E-state index in [2.05, 4.69) is 10.6 Å². The normalized spacial score (nSPS) is 13.7. The molecule has 0 fully saturated rings. The molecule has 2 unspecified atom stereocenters. The number of ether oxygens (including phenoxy) is 1. The lowest BCUT2D eigenvalue weighted by atomic mass is 9.94. The maximum absolute atomic E-state index is 12.4. The zero-order valence-electron chi connectivity index (χ0n) is 15.2. The third kappa shape index (κ3) is 6.67. The lowest BCUT2D eigenvalue weighted by molar-refractivity contribution is -0.180. The molecule has 3 N–H and O–H groups in total. The summed E-state index contributed by atoms with van der Waals surface area (Å²) in [6.45, 7) is 5.29. The summed E-state index contributed by atoms with van der Waals surface area (Å²) >= 11 is 5.94. The highest BCUT2D eigenvalue weighted by Crippen LogP contribution is 2.21. The second kappa shape index (κ2) is 9.03. The fourth-order valence-electron chi connectivity index (χ4n) is 2.50. The number of nitrogens with one attached hydrogen (secondary N) is 2. The number of anilines is 1. The molecule has 6 heteroatoms. The summed E-state index contributed by atoms with van der Waals surface area (Å²) in [4.78, 5) is 12.4. The van der Waals surface area contributed by atoms with Crippen molar-refractivity contribution in [2.75, 3.05) is 11.9 Å². The molecule has 2 aromatic rings. The first-order chi connectivity index (χ1) is 12.2. The van der Waals surface area contributed by atoms with Crippen molar-refractivity contribution in [2.24, 2.45) is 0 Å². The van der Waals surface area contributed by atoms with E-state index in [1.807, 2.05) is 37.3 Å². The lowest BCUT2D eigenvalue weighted by Gasteiger charge is -2.28. The summed E-state index contributed by atoms with van der Waals surface area (Å²) in [5, 5.41) is 16.1. The highest BCUT2D eigenvalue weighted by atomic mass is 35.5. The van der Waals surface area contributed by atoms with Gasteiger partial charge in [0.1, 0.15) is 0 Å². The third-order valence-electron chi connectivity index (χ3n) is 3.94. The van der Waals surface area contributed by atoms with Crippen LogP contribution >= 0.6 is 11.6 Å². The molecule has 0 heterocycles. The van der Waals surface area contributed by atoms with Gasteiger partial charge < -0.3 is 20.5 Å². The number of urea groups is 1. The van der Waals surface area contributed by atoms with Gasteiger partial charge in [-0.1, -0.05) is 54.9 Å². The van der Waals surface area contributed by atoms with Crippen LogP contribution in [0, 0.1) is 0 Å². The van der Waals surface area contributed by atoms with Crippen molar-refractivity contribution in [3.8, 4) is 0 Å². The standard InChI is InChI=1S/C20H25ClN2O3/c1-14(15-8-5-4-6-9-15)18(13-26-20(2,3)25)23-19(24)22-17-11-7-10-16(21)12-17/h4-12,14,18,25H,13H2,1-3H3,(H2,22,23,24). The summed E-state index contributed by atoms with van der Waals surface area (Å²) in [5.41, 5.74) is 1.67. The van der Waals surface area contributed by atoms with Crippen LogP contribution in [0.25, 0.3) is 0 Å². The van der Waals surface area contributed by atoms with E-state index in [4.69, 9.17) is 16.3 Å². The minimum atomic E-state index is -1.28. The van der Waals surface area contributed by atoms with Crippen molar-refractivity contribution >= 4 is 23.3 Å². The Morgan fingerprint density at radius 2 is 1.88 bits per heavy atom. The second-order valence-electron chi connectivity index (χ2n) is 6.67. The molecule has 5 nitrogen and oxygen atoms in total. The highest BCUT2D eigenvalue weighted by Gasteiger charge is 2.24. The van der Waals surface area contributed by atoms with Gasteiger partial charge in [0.25, 0.3) is 0 Å². The first-order valence-corrected chi connectivity index (χ1v) is 8.87. The molecule has 0 bridgehead atoms. The van der Waals surface area contributed by atoms with Crippen molar-refractivity contribution in [2.45, 2.75) is 38.5 Å². The van der Waals surface area contributed by atoms with Gasteiger partial charge in [-0.15, -0.1) is 0 Å². The average Bonchev–Trinajstić information content (AvgIpc) is 2.58. The molecule has 2 aromatic carbocycles. The van der Waals surface area contributed by atoms with Crippen LogP contribution < -0.4 is 10.6 Å². The Balaban J connectivity index is 2.08. The molecule has 2 rings (SSSR count). The first kappa shape index (κ1) is 20.2. The number of hydrogen-bond donors (Lipinski definition) is 3. The number of hydrogen-bond acceptors (Lipinski definition) is 3. The molecule has 0 aromatic heterocycles. The zero-order chi connectivity index (χ0) is 19.2. The number of amides is 2. The van der Waals surface area contributed by atoms with Gasteiger partial charge in [-0.2, -0.15) is 0 Å². The number of aliphatic hydroxyl groups is 1. The monoisotopic (exact) mass is 376 g/mol. The van der Waals surface area contributed by atoms with Gasteiger partial charge in [-0.25, -0.2) is 4.79 Å². The van der Waals surface area contributed by atoms with Gasteiger partial charge in [-0.3, -0.25) is 0 Å². The Morgan fingerprint density at radius 3 is 2.50 bits per heavy atom. The Labute approximate surface area is 159 Å². The van der Waals surface area contributed by atoms with Gasteiger partial charge in [-0.05, 0) is 37.6 Å². The molecule has 0 saturated heterocycles. The fourth-order valence-corrected chi connectivity index (χ4v) is 2.69. The van der Waals surface area contributed by atoms with Crippen LogP contribution in [-0.4, -0.2) is 29.6 Å². The number of rotatable bonds is 7. The predicted octanol–water partition coefficient (Wildman–Crippen LogP) is 4.38. The van der Waals surface area contributed by atoms with Crippen molar-refractivity contribution in [3.05, 3.63) is 65.2 Å². The van der Waals surface area contributed by atoms with E-state index in [0.717, 1.165) is 5.56 Å². The summed E-state index contributed by atoms with van der Waals surface area (Å²) < 4.78 is 5.50. The summed E-state index contributed by atoms with van der Waals surface area (Å²) in [6.07, 6.45) is 0. The Kier molecular flexibility index (Phi) is 7.03. The zero-order valence-corrected chi connectivity index (χ0v) is 16.0. The minimum Gasteiger partial charge on any atom is -0.366 e. The molecular formula is C20H25ClN2O3. The molecular weight excluding hydrogens is 352 g/mol. The summed E-state index contributed by atoms with van der Waals surface area (Å²) in [6, 6.07) is 16.1. The van der Waals surface area contributed by atoms with Crippen LogP contribution in [0.5, 0.6) is 0 Å². The van der Waals surface area contributed by atoms with E-state index in [1.54, 1.807) is 38.1 Å². The van der Waals surface area contributed by atoms with E-state index >= 15 is 0 Å². The van der Waals surface area contributed by atoms with Gasteiger partial charge >= 0.3 is 6.03 Å². The van der Waals surface area contributed by atoms with E-state index in [0.29, 0.717) is 10.7 Å². The SMILES string of the molecule is CC(c1ccccc1)C(COC(C)(C)O)NC(=O)Nc1cccc(Cl)c1. The minimum absolute atomic E-state index is 0.0105. The topological polar surface area (TPSA) is 70.6 Å². The number of carbonyl (C=O) groups excluding carboxylic acids is 1. The molecule has 0 aliphatic rings. The molecule has 2 amide bonds. The molecule has 140 valence electrons. The molecule has 0 aliphatic heterocycles. The van der Waals surface area contributed by atoms with Crippen LogP contribution in [0.4, 0.5) is 10.5 Å². The van der Waals surface area contributed by atoms with E-state index in [9.17, 15) is 9.90 Å². The highest BCUT2D eigenvalue weighted by molar-refractivity contribution is 6.30. The van der Waals surface area contributed by atoms with Crippen molar-refractivity contribution < 1.29 is 14.6 Å². The van der Waals surface area contributed by atoms with E-state index in [-0.39, 0.29) is 24.6 Å². The van der Waals surface area contributed by atoms with Crippen LogP contribution in [-0.2, 0) is 4.74 Å². The van der Waals surface area contributed by atoms with Crippen molar-refractivity contribution in [1.82, 2.24) is 5.32 Å². The van der Waals surface area contributed by atoms with Crippen molar-refractivity contribution in [3.63, 3.8) is 0 Å². The summed E-state index contributed by atoms with van der Waals surface area (Å²) in [5.74, 6) is -1.29. The van der Waals surface area contributed by atoms with E-state index in [1.165, 1.54) is 0 Å². The van der Waals surface area contributed by atoms with Crippen LogP contribution in [0.2, 0.25) is 5.02 Å². The lowest BCUT2D eigenvalue weighted by Crippen LogP contribution is -2.45. The number of benzene rings is 2. The predicted molar refractivity (Wildman–Crippen MR) is 105 cm³/mol. The van der Waals surface area contributed by atoms with Crippen LogP contribution in [0.15, 0.2) is 54.6 Å². The molecule has 2 atom stereocenters. The van der Waals surface area contributed by atoms with Crippen LogP contribution in [0.3, 0.4) is 0 Å². The maximum atomic E-state index is 12.4. The number of halogens is 1. The molecule has 0 saturated carbocycles. The second-order valence-corrected chi connectivity index (χ2v) is 7.11. The maximum Gasteiger partial charge on any atom is 0.319 e. The van der Waals surface area contributed by atoms with Gasteiger partial charge in [0.2, 0.25) is 0 Å². The smallest absolute Gasteiger partial charge is 0.319 e. The third-order valence-corrected chi connectivity index (χ3v) is 4.18. The average molecular weight is 377 g/mol. The Bertz CT molecular complexity index is 716. The Morgan fingerprint density at radius 1 is 1.19 bits per heavy atom. The fraction of sp³-hybridized carbons (Fsp3) is 0.350. The number of carbonyl (C=O) groups is 1. The van der Waals surface area contributed by atoms with Gasteiger partial charge in [0.15, 0.2) is 5.79 Å². The Hall–Kier alpha value is -2.08. The van der Waals surface area contributed by atoms with E-state index < -0.39 is 5.79 Å². The van der Waals surface area contributed by atoms with Gasteiger partial charge in [0.05, 0.1) is 12.6 Å². The molecule has 0 radical (unpaired) electrons. The molecule has 26 heavy (non-hydrogen) atoms. The van der Waals surface area contributed by atoms with Gasteiger partial charge in [0, 0.05) is 16.6 Å². The molecule has 0 spiro atoms. The first-order valence-electron chi connectivity index (χ1n) is 8.49. The largest absolute Gasteiger partial charge is 0.366 e. The quantitative estimate of drug-likeness (QED) is 0.628.